The van der Waals surface area contributed by atoms with Gasteiger partial charge in [0.2, 0.25) is 0 Å². The van der Waals surface area contributed by atoms with Crippen LogP contribution in [0.1, 0.15) is 12.5 Å². The Morgan fingerprint density at radius 1 is 1.29 bits per heavy atom. The van der Waals surface area contributed by atoms with Crippen LogP contribution in [-0.2, 0) is 6.42 Å². The zero-order valence-corrected chi connectivity index (χ0v) is 10.3. The predicted molar refractivity (Wildman–Crippen MR) is 72.8 cm³/mol. The monoisotopic (exact) mass is 247 g/mol. The number of para-hydroxylation sites is 1. The van der Waals surface area contributed by atoms with Crippen LogP contribution in [0.3, 0.4) is 0 Å². The second-order valence-electron chi connectivity index (χ2n) is 3.72. The van der Waals surface area contributed by atoms with Gasteiger partial charge in [-0.3, -0.25) is 4.98 Å². The van der Waals surface area contributed by atoms with Gasteiger partial charge in [-0.25, -0.2) is 0 Å². The minimum atomic E-state index is 0.524. The molecule has 0 aliphatic heterocycles. The number of aromatic nitrogens is 1. The average molecular weight is 248 g/mol. The van der Waals surface area contributed by atoms with Gasteiger partial charge < -0.3 is 11.1 Å². The van der Waals surface area contributed by atoms with Gasteiger partial charge in [-0.05, 0) is 18.1 Å². The summed E-state index contributed by atoms with van der Waals surface area (Å²) in [5.74, 6) is 0. The molecule has 0 spiro atoms. The van der Waals surface area contributed by atoms with Gasteiger partial charge in [0.1, 0.15) is 0 Å². The minimum Gasteiger partial charge on any atom is -0.396 e. The molecule has 0 atom stereocenters. The maximum atomic E-state index is 6.07. The molecule has 2 rings (SSSR count). The van der Waals surface area contributed by atoms with Crippen LogP contribution in [-0.4, -0.2) is 4.98 Å². The van der Waals surface area contributed by atoms with Gasteiger partial charge >= 0.3 is 0 Å². The SMILES string of the molecule is CCc1ccccc1Nc1c(N)cncc1Cl. The molecule has 0 radical (unpaired) electrons. The van der Waals surface area contributed by atoms with Crippen LogP contribution in [0.25, 0.3) is 0 Å². The highest BCUT2D eigenvalue weighted by Crippen LogP contribution is 2.31. The van der Waals surface area contributed by atoms with E-state index in [-0.39, 0.29) is 0 Å². The molecule has 17 heavy (non-hydrogen) atoms. The van der Waals surface area contributed by atoms with Gasteiger partial charge in [0.05, 0.1) is 22.6 Å². The summed E-state index contributed by atoms with van der Waals surface area (Å²) < 4.78 is 0. The Morgan fingerprint density at radius 3 is 2.76 bits per heavy atom. The average Bonchev–Trinajstić information content (AvgIpc) is 2.34. The van der Waals surface area contributed by atoms with Crippen molar-refractivity contribution in [2.75, 3.05) is 11.1 Å². The van der Waals surface area contributed by atoms with E-state index < -0.39 is 0 Å². The molecular weight excluding hydrogens is 234 g/mol. The molecule has 0 fully saturated rings. The van der Waals surface area contributed by atoms with Crippen LogP contribution >= 0.6 is 11.6 Å². The molecule has 1 aromatic carbocycles. The maximum Gasteiger partial charge on any atom is 0.0845 e. The third kappa shape index (κ3) is 2.50. The smallest absolute Gasteiger partial charge is 0.0845 e. The van der Waals surface area contributed by atoms with Crippen LogP contribution in [0.15, 0.2) is 36.7 Å². The second-order valence-corrected chi connectivity index (χ2v) is 4.13. The normalized spacial score (nSPS) is 10.2. The van der Waals surface area contributed by atoms with Crippen molar-refractivity contribution in [3.8, 4) is 0 Å². The van der Waals surface area contributed by atoms with E-state index in [1.165, 1.54) is 5.56 Å². The van der Waals surface area contributed by atoms with Crippen LogP contribution in [0, 0.1) is 0 Å². The molecule has 0 unspecified atom stereocenters. The number of pyridine rings is 1. The zero-order valence-electron chi connectivity index (χ0n) is 9.57. The molecule has 0 bridgehead atoms. The van der Waals surface area contributed by atoms with Crippen molar-refractivity contribution in [1.82, 2.24) is 4.98 Å². The molecular formula is C13H14ClN3. The third-order valence-electron chi connectivity index (χ3n) is 2.59. The second kappa shape index (κ2) is 5.06. The number of benzene rings is 1. The Bertz CT molecular complexity index is 506. The Hall–Kier alpha value is -1.74. The summed E-state index contributed by atoms with van der Waals surface area (Å²) in [5.41, 5.74) is 9.35. The highest BCUT2D eigenvalue weighted by Gasteiger charge is 2.07. The molecule has 3 nitrogen and oxygen atoms in total. The summed E-state index contributed by atoms with van der Waals surface area (Å²) in [4.78, 5) is 3.93. The quantitative estimate of drug-likeness (QED) is 0.871. The van der Waals surface area contributed by atoms with E-state index in [1.54, 1.807) is 12.4 Å². The molecule has 0 saturated heterocycles. The van der Waals surface area contributed by atoms with Crippen molar-refractivity contribution in [3.05, 3.63) is 47.2 Å². The van der Waals surface area contributed by atoms with E-state index in [1.807, 2.05) is 18.2 Å². The number of aryl methyl sites for hydroxylation is 1. The highest BCUT2D eigenvalue weighted by atomic mass is 35.5. The number of nitrogens with one attached hydrogen (secondary N) is 1. The fourth-order valence-electron chi connectivity index (χ4n) is 1.67. The molecule has 1 aromatic heterocycles. The third-order valence-corrected chi connectivity index (χ3v) is 2.87. The fourth-order valence-corrected chi connectivity index (χ4v) is 1.88. The van der Waals surface area contributed by atoms with E-state index >= 15 is 0 Å². The van der Waals surface area contributed by atoms with E-state index in [2.05, 4.69) is 23.3 Å². The number of hydrogen-bond acceptors (Lipinski definition) is 3. The number of halogens is 1. The first-order chi connectivity index (χ1) is 8.22. The van der Waals surface area contributed by atoms with Gasteiger partial charge in [-0.2, -0.15) is 0 Å². The van der Waals surface area contributed by atoms with Gasteiger partial charge in [-0.1, -0.05) is 36.7 Å². The first-order valence-electron chi connectivity index (χ1n) is 5.46. The summed E-state index contributed by atoms with van der Waals surface area (Å²) in [6.07, 6.45) is 4.11. The van der Waals surface area contributed by atoms with Crippen LogP contribution in [0.2, 0.25) is 5.02 Å². The van der Waals surface area contributed by atoms with Crippen molar-refractivity contribution >= 4 is 28.7 Å². The molecule has 88 valence electrons. The van der Waals surface area contributed by atoms with Gasteiger partial charge in [0, 0.05) is 11.9 Å². The lowest BCUT2D eigenvalue weighted by Crippen LogP contribution is -2.00. The molecule has 3 N–H and O–H groups in total. The van der Waals surface area contributed by atoms with Crippen LogP contribution in [0.5, 0.6) is 0 Å². The number of anilines is 3. The van der Waals surface area contributed by atoms with E-state index in [0.29, 0.717) is 16.4 Å². The Labute approximate surface area is 106 Å². The van der Waals surface area contributed by atoms with Crippen LogP contribution < -0.4 is 11.1 Å². The van der Waals surface area contributed by atoms with Crippen molar-refractivity contribution in [3.63, 3.8) is 0 Å². The van der Waals surface area contributed by atoms with E-state index in [9.17, 15) is 0 Å². The number of nitrogen functional groups attached to an aromatic ring is 1. The first kappa shape index (κ1) is 11.7. The highest BCUT2D eigenvalue weighted by molar-refractivity contribution is 6.33. The van der Waals surface area contributed by atoms with Crippen molar-refractivity contribution in [2.24, 2.45) is 0 Å². The van der Waals surface area contributed by atoms with Crippen molar-refractivity contribution < 1.29 is 0 Å². The number of hydrogen-bond donors (Lipinski definition) is 2. The Balaban J connectivity index is 2.38. The summed E-state index contributed by atoms with van der Waals surface area (Å²) in [6.45, 7) is 2.11. The molecule has 0 aliphatic carbocycles. The summed E-state index contributed by atoms with van der Waals surface area (Å²) in [6, 6.07) is 8.08. The molecule has 2 aromatic rings. The number of nitrogens with two attached hydrogens (primary N) is 1. The summed E-state index contributed by atoms with van der Waals surface area (Å²) in [7, 11) is 0. The Kier molecular flexibility index (Phi) is 3.49. The predicted octanol–water partition coefficient (Wildman–Crippen LogP) is 3.62. The molecule has 4 heteroatoms. The van der Waals surface area contributed by atoms with Crippen LogP contribution in [0.4, 0.5) is 17.1 Å². The first-order valence-corrected chi connectivity index (χ1v) is 5.84. The lowest BCUT2D eigenvalue weighted by Gasteiger charge is -2.13. The summed E-state index contributed by atoms with van der Waals surface area (Å²) >= 11 is 6.07. The van der Waals surface area contributed by atoms with E-state index in [0.717, 1.165) is 12.1 Å². The number of rotatable bonds is 3. The molecule has 0 amide bonds. The fraction of sp³-hybridized carbons (Fsp3) is 0.154. The lowest BCUT2D eigenvalue weighted by atomic mass is 10.1. The molecule has 0 aliphatic rings. The Morgan fingerprint density at radius 2 is 2.06 bits per heavy atom. The lowest BCUT2D eigenvalue weighted by molar-refractivity contribution is 1.14. The van der Waals surface area contributed by atoms with Gasteiger partial charge in [0.25, 0.3) is 0 Å². The minimum absolute atomic E-state index is 0.524. The van der Waals surface area contributed by atoms with Crippen molar-refractivity contribution in [2.45, 2.75) is 13.3 Å². The standard InChI is InChI=1S/C13H14ClN3/c1-2-9-5-3-4-6-12(9)17-13-10(14)7-16-8-11(13)15/h3-8H,2,15H2,1H3,(H,16,17). The topological polar surface area (TPSA) is 50.9 Å². The largest absolute Gasteiger partial charge is 0.396 e. The summed E-state index contributed by atoms with van der Waals surface area (Å²) in [5, 5.41) is 3.79. The van der Waals surface area contributed by atoms with Crippen molar-refractivity contribution in [1.29, 1.82) is 0 Å². The number of nitrogens with zero attached hydrogens (tertiary/aromatic N) is 1. The van der Waals surface area contributed by atoms with Gasteiger partial charge in [0.15, 0.2) is 0 Å². The molecule has 0 saturated carbocycles. The van der Waals surface area contributed by atoms with Gasteiger partial charge in [-0.15, -0.1) is 0 Å². The maximum absolute atomic E-state index is 6.07. The van der Waals surface area contributed by atoms with E-state index in [4.69, 9.17) is 17.3 Å². The molecule has 1 heterocycles. The zero-order chi connectivity index (χ0) is 12.3.